The van der Waals surface area contributed by atoms with Crippen LogP contribution in [0, 0.1) is 17.0 Å². The summed E-state index contributed by atoms with van der Waals surface area (Å²) in [6.07, 6.45) is 5.34. The maximum Gasteiger partial charge on any atom is 0.255 e. The number of benzene rings is 2. The van der Waals surface area contributed by atoms with Crippen LogP contribution in [0.4, 0.5) is 8.78 Å². The van der Waals surface area contributed by atoms with Gasteiger partial charge in [-0.25, -0.2) is 8.78 Å². The number of hydrogen-bond donors (Lipinski definition) is 1. The minimum Gasteiger partial charge on any atom is -0.493 e. The molecule has 0 saturated carbocycles. The number of piperidine rings is 1. The molecule has 1 atom stereocenters. The van der Waals surface area contributed by atoms with Crippen LogP contribution < -0.4 is 10.1 Å². The van der Waals surface area contributed by atoms with Crippen LogP contribution in [0.15, 0.2) is 42.5 Å². The normalized spacial score (nSPS) is 22.2. The number of nitrogens with zero attached hydrogens (tertiary/aromatic N) is 1. The topological polar surface area (TPSA) is 58.6 Å². The van der Waals surface area contributed by atoms with Crippen molar-refractivity contribution < 1.29 is 23.1 Å². The van der Waals surface area contributed by atoms with E-state index in [9.17, 15) is 18.4 Å². The maximum absolute atomic E-state index is 13.7. The molecule has 32 heavy (non-hydrogen) atoms. The Morgan fingerprint density at radius 3 is 2.56 bits per heavy atom. The van der Waals surface area contributed by atoms with Crippen molar-refractivity contribution in [3.8, 4) is 5.75 Å². The number of halogens is 2. The van der Waals surface area contributed by atoms with Gasteiger partial charge in [0.25, 0.3) is 11.8 Å². The number of carbonyl (C=O) groups excluding carboxylic acids is 2. The predicted molar refractivity (Wildman–Crippen MR) is 117 cm³/mol. The van der Waals surface area contributed by atoms with Gasteiger partial charge in [0.1, 0.15) is 17.4 Å². The van der Waals surface area contributed by atoms with Crippen molar-refractivity contribution in [3.05, 3.63) is 65.2 Å². The first-order valence-corrected chi connectivity index (χ1v) is 11.2. The summed E-state index contributed by atoms with van der Waals surface area (Å²) in [5, 5.41) is 3.06. The van der Waals surface area contributed by atoms with Crippen molar-refractivity contribution in [2.45, 2.75) is 38.5 Å². The molecule has 170 valence electrons. The highest BCUT2D eigenvalue weighted by Crippen LogP contribution is 2.36. The van der Waals surface area contributed by atoms with Gasteiger partial charge in [0.05, 0.1) is 12.2 Å². The molecule has 2 aliphatic rings. The Hall–Kier alpha value is -2.96. The van der Waals surface area contributed by atoms with Crippen LogP contribution in [0.1, 0.15) is 59.2 Å². The number of fused-ring (bicyclic) bond motifs is 1. The third-order valence-corrected chi connectivity index (χ3v) is 6.42. The molecule has 2 heterocycles. The van der Waals surface area contributed by atoms with E-state index < -0.39 is 11.6 Å². The zero-order chi connectivity index (χ0) is 22.6. The van der Waals surface area contributed by atoms with E-state index in [1.165, 1.54) is 0 Å². The minimum atomic E-state index is -0.765. The Morgan fingerprint density at radius 1 is 1.00 bits per heavy atom. The maximum atomic E-state index is 13.7. The van der Waals surface area contributed by atoms with E-state index in [-0.39, 0.29) is 22.8 Å². The number of ether oxygens (including phenoxy) is 1. The number of rotatable bonds is 1. The van der Waals surface area contributed by atoms with Crippen LogP contribution in [0.3, 0.4) is 0 Å². The molecule has 1 fully saturated rings. The highest BCUT2D eigenvalue weighted by Gasteiger charge is 2.37. The summed E-state index contributed by atoms with van der Waals surface area (Å²) in [6, 6.07) is 10.1. The van der Waals surface area contributed by atoms with Crippen LogP contribution >= 0.6 is 0 Å². The Kier molecular flexibility index (Phi) is 6.72. The van der Waals surface area contributed by atoms with Crippen molar-refractivity contribution in [2.75, 3.05) is 26.2 Å². The lowest BCUT2D eigenvalue weighted by Gasteiger charge is -2.43. The van der Waals surface area contributed by atoms with Gasteiger partial charge in [0, 0.05) is 36.7 Å². The lowest BCUT2D eigenvalue weighted by atomic mass is 9.75. The molecule has 0 aromatic heterocycles. The average molecular weight is 443 g/mol. The number of hydrogen-bond acceptors (Lipinski definition) is 3. The molecule has 2 amide bonds. The Labute approximate surface area is 186 Å². The van der Waals surface area contributed by atoms with Gasteiger partial charge in [-0.05, 0) is 49.9 Å². The summed E-state index contributed by atoms with van der Waals surface area (Å²) in [7, 11) is 0. The summed E-state index contributed by atoms with van der Waals surface area (Å²) < 4.78 is 33.1. The fourth-order valence-electron chi connectivity index (χ4n) is 4.78. The Balaban J connectivity index is 1.54. The third kappa shape index (κ3) is 5.09. The van der Waals surface area contributed by atoms with Gasteiger partial charge in [-0.3, -0.25) is 9.59 Å². The molecule has 5 nitrogen and oxygen atoms in total. The molecule has 2 aromatic rings. The first kappa shape index (κ1) is 22.2. The smallest absolute Gasteiger partial charge is 0.255 e. The first-order chi connectivity index (χ1) is 15.5. The molecule has 7 heteroatoms. The van der Waals surface area contributed by atoms with Gasteiger partial charge in [0.15, 0.2) is 0 Å². The predicted octanol–water partition coefficient (Wildman–Crippen LogP) is 4.57. The largest absolute Gasteiger partial charge is 0.493 e. The van der Waals surface area contributed by atoms with E-state index in [0.29, 0.717) is 37.6 Å². The zero-order valence-corrected chi connectivity index (χ0v) is 18.0. The Bertz CT molecular complexity index is 977. The van der Waals surface area contributed by atoms with E-state index in [4.69, 9.17) is 4.74 Å². The number of carbonyl (C=O) groups is 2. The summed E-state index contributed by atoms with van der Waals surface area (Å²) in [6.45, 7) is 1.96. The summed E-state index contributed by atoms with van der Waals surface area (Å²) in [5.41, 5.74) is 0.245. The highest BCUT2D eigenvalue weighted by atomic mass is 19.1. The molecular formula is C25H28F2N2O3. The average Bonchev–Trinajstić information content (AvgIpc) is 2.78. The molecule has 0 radical (unpaired) electrons. The standard InChI is InChI=1S/C25H28F2N2O3/c26-19-13-18(14-20(27)15-19)24(31)29-11-6-10-25(17-29)9-4-1-5-12-32-22-8-3-2-7-21(22)23(30)28-16-25/h2-3,7-8,13-15H,1,4-6,9-12,16-17H2,(H,28,30). The Morgan fingerprint density at radius 2 is 1.75 bits per heavy atom. The van der Waals surface area contributed by atoms with Gasteiger partial charge in [-0.15, -0.1) is 0 Å². The van der Waals surface area contributed by atoms with Crippen molar-refractivity contribution >= 4 is 11.8 Å². The highest BCUT2D eigenvalue weighted by molar-refractivity contribution is 5.97. The van der Waals surface area contributed by atoms with Crippen LogP contribution in [0.25, 0.3) is 0 Å². The molecule has 1 spiro atoms. The fourth-order valence-corrected chi connectivity index (χ4v) is 4.78. The zero-order valence-electron chi connectivity index (χ0n) is 18.0. The first-order valence-electron chi connectivity index (χ1n) is 11.2. The number of para-hydroxylation sites is 1. The summed E-state index contributed by atoms with van der Waals surface area (Å²) in [5.74, 6) is -1.53. The van der Waals surface area contributed by atoms with E-state index in [1.807, 2.05) is 12.1 Å². The van der Waals surface area contributed by atoms with Gasteiger partial charge in [0.2, 0.25) is 0 Å². The SMILES string of the molecule is O=C1NCC2(CCCCCOc3ccccc31)CCCN(C(=O)c1cc(F)cc(F)c1)C2. The summed E-state index contributed by atoms with van der Waals surface area (Å²) >= 11 is 0. The second kappa shape index (κ2) is 9.67. The second-order valence-electron chi connectivity index (χ2n) is 8.83. The van der Waals surface area contributed by atoms with E-state index in [2.05, 4.69) is 5.32 Å². The minimum absolute atomic E-state index is 0.0165. The molecule has 2 aromatic carbocycles. The fraction of sp³-hybridized carbons (Fsp3) is 0.440. The van der Waals surface area contributed by atoms with Crippen molar-refractivity contribution in [3.63, 3.8) is 0 Å². The van der Waals surface area contributed by atoms with E-state index >= 15 is 0 Å². The lowest BCUT2D eigenvalue weighted by Crippen LogP contribution is -2.51. The van der Waals surface area contributed by atoms with Gasteiger partial charge in [-0.2, -0.15) is 0 Å². The molecular weight excluding hydrogens is 414 g/mol. The van der Waals surface area contributed by atoms with Crippen LogP contribution in [-0.4, -0.2) is 43.0 Å². The molecule has 0 aliphatic carbocycles. The van der Waals surface area contributed by atoms with Crippen molar-refractivity contribution in [2.24, 2.45) is 5.41 Å². The van der Waals surface area contributed by atoms with Crippen LogP contribution in [0.2, 0.25) is 0 Å². The monoisotopic (exact) mass is 442 g/mol. The molecule has 0 bridgehead atoms. The quantitative estimate of drug-likeness (QED) is 0.704. The molecule has 2 aliphatic heterocycles. The van der Waals surface area contributed by atoms with Crippen molar-refractivity contribution in [1.29, 1.82) is 0 Å². The van der Waals surface area contributed by atoms with Gasteiger partial charge >= 0.3 is 0 Å². The lowest BCUT2D eigenvalue weighted by molar-refractivity contribution is 0.0468. The van der Waals surface area contributed by atoms with E-state index in [1.54, 1.807) is 17.0 Å². The third-order valence-electron chi connectivity index (χ3n) is 6.42. The summed E-state index contributed by atoms with van der Waals surface area (Å²) in [4.78, 5) is 27.6. The van der Waals surface area contributed by atoms with Gasteiger partial charge < -0.3 is 15.0 Å². The number of likely N-dealkylation sites (tertiary alicyclic amines) is 1. The van der Waals surface area contributed by atoms with Crippen LogP contribution in [0.5, 0.6) is 5.75 Å². The van der Waals surface area contributed by atoms with E-state index in [0.717, 1.165) is 56.7 Å². The molecule has 1 unspecified atom stereocenters. The van der Waals surface area contributed by atoms with Crippen molar-refractivity contribution in [1.82, 2.24) is 10.2 Å². The second-order valence-corrected chi connectivity index (χ2v) is 8.83. The molecule has 1 saturated heterocycles. The van der Waals surface area contributed by atoms with Gasteiger partial charge in [-0.1, -0.05) is 25.0 Å². The molecule has 4 rings (SSSR count). The molecule has 1 N–H and O–H groups in total. The number of nitrogens with one attached hydrogen (secondary N) is 1. The van der Waals surface area contributed by atoms with Crippen LogP contribution in [-0.2, 0) is 0 Å². The number of amides is 2.